The Labute approximate surface area is 100 Å². The molecule has 1 unspecified atom stereocenters. The second-order valence-corrected chi connectivity index (χ2v) is 7.60. The molecule has 0 saturated heterocycles. The van der Waals surface area contributed by atoms with Gasteiger partial charge in [0.25, 0.3) is 7.59 Å². The third kappa shape index (κ3) is 6.64. The third-order valence-corrected chi connectivity index (χ3v) is 4.07. The standard InChI is InChI=1S/C11H28N3OP/c1-6-8-14(9-7-2)16(12,15)13-10-11(3,4)5/h6-10H2,1-5H3,(H3,12,13,15). The van der Waals surface area contributed by atoms with Crippen LogP contribution in [0.4, 0.5) is 0 Å². The summed E-state index contributed by atoms with van der Waals surface area (Å²) in [4.78, 5) is 0. The van der Waals surface area contributed by atoms with E-state index < -0.39 is 7.59 Å². The summed E-state index contributed by atoms with van der Waals surface area (Å²) in [5.41, 5.74) is 6.01. The van der Waals surface area contributed by atoms with Crippen LogP contribution in [0.5, 0.6) is 0 Å². The van der Waals surface area contributed by atoms with E-state index in [2.05, 4.69) is 39.7 Å². The molecule has 0 aromatic carbocycles. The van der Waals surface area contributed by atoms with Crippen LogP contribution in [0.25, 0.3) is 0 Å². The number of hydrogen-bond acceptors (Lipinski definition) is 1. The van der Waals surface area contributed by atoms with Gasteiger partial charge in [-0.3, -0.25) is 10.1 Å². The first-order valence-electron chi connectivity index (χ1n) is 6.12. The zero-order valence-corrected chi connectivity index (χ0v) is 12.3. The molecule has 0 aliphatic heterocycles. The predicted molar refractivity (Wildman–Crippen MR) is 71.4 cm³/mol. The zero-order chi connectivity index (χ0) is 12.8. The molecule has 0 rings (SSSR count). The summed E-state index contributed by atoms with van der Waals surface area (Å²) in [5.74, 6) is 0. The van der Waals surface area contributed by atoms with E-state index in [1.54, 1.807) is 0 Å². The lowest BCUT2D eigenvalue weighted by Gasteiger charge is -2.30. The molecule has 0 amide bonds. The van der Waals surface area contributed by atoms with Gasteiger partial charge in [-0.2, -0.15) is 0 Å². The number of rotatable bonds is 7. The lowest BCUT2D eigenvalue weighted by Crippen LogP contribution is -2.37. The molecule has 0 spiro atoms. The minimum absolute atomic E-state index is 0.0964. The maximum atomic E-state index is 12.3. The highest BCUT2D eigenvalue weighted by molar-refractivity contribution is 7.56. The van der Waals surface area contributed by atoms with Gasteiger partial charge in [-0.15, -0.1) is 0 Å². The smallest absolute Gasteiger partial charge is 0.271 e. The quantitative estimate of drug-likeness (QED) is 0.681. The van der Waals surface area contributed by atoms with Gasteiger partial charge in [-0.05, 0) is 18.3 Å². The van der Waals surface area contributed by atoms with Crippen molar-refractivity contribution in [3.05, 3.63) is 0 Å². The maximum absolute atomic E-state index is 12.3. The van der Waals surface area contributed by atoms with Crippen molar-refractivity contribution in [1.82, 2.24) is 9.76 Å². The molecule has 0 radical (unpaired) electrons. The summed E-state index contributed by atoms with van der Waals surface area (Å²) in [6, 6.07) is 0. The Bertz CT molecular complexity index is 232. The fourth-order valence-corrected chi connectivity index (χ4v) is 3.27. The SMILES string of the molecule is CCCN(CCC)P(N)(=O)NCC(C)(C)C. The average Bonchev–Trinajstić information content (AvgIpc) is 2.14. The van der Waals surface area contributed by atoms with Crippen molar-refractivity contribution in [2.45, 2.75) is 47.5 Å². The lowest BCUT2D eigenvalue weighted by molar-refractivity contribution is 0.371. The molecular weight excluding hydrogens is 221 g/mol. The predicted octanol–water partition coefficient (Wildman–Crippen LogP) is 2.81. The van der Waals surface area contributed by atoms with Gasteiger partial charge in [0.15, 0.2) is 0 Å². The molecule has 0 aromatic heterocycles. The van der Waals surface area contributed by atoms with E-state index in [1.807, 2.05) is 4.67 Å². The van der Waals surface area contributed by atoms with Crippen LogP contribution < -0.4 is 10.6 Å². The second-order valence-electron chi connectivity index (χ2n) is 5.47. The first-order chi connectivity index (χ1) is 7.23. The van der Waals surface area contributed by atoms with Crippen molar-refractivity contribution in [3.63, 3.8) is 0 Å². The van der Waals surface area contributed by atoms with Gasteiger partial charge in [0.1, 0.15) is 0 Å². The van der Waals surface area contributed by atoms with Crippen molar-refractivity contribution < 1.29 is 4.57 Å². The molecule has 0 saturated carbocycles. The minimum Gasteiger partial charge on any atom is -0.271 e. The van der Waals surface area contributed by atoms with E-state index in [-0.39, 0.29) is 5.41 Å². The molecule has 4 nitrogen and oxygen atoms in total. The van der Waals surface area contributed by atoms with Crippen LogP contribution in [0.1, 0.15) is 47.5 Å². The average molecular weight is 249 g/mol. The highest BCUT2D eigenvalue weighted by atomic mass is 31.2. The molecule has 5 heteroatoms. The molecule has 98 valence electrons. The van der Waals surface area contributed by atoms with Crippen LogP contribution in [0.3, 0.4) is 0 Å². The lowest BCUT2D eigenvalue weighted by atomic mass is 9.98. The van der Waals surface area contributed by atoms with Crippen LogP contribution in [0, 0.1) is 5.41 Å². The molecule has 0 bridgehead atoms. The van der Waals surface area contributed by atoms with Gasteiger partial charge in [0, 0.05) is 19.6 Å². The Hall–Kier alpha value is 0.110. The van der Waals surface area contributed by atoms with Gasteiger partial charge in [0.05, 0.1) is 0 Å². The monoisotopic (exact) mass is 249 g/mol. The molecule has 0 heterocycles. The third-order valence-electron chi connectivity index (χ3n) is 2.22. The van der Waals surface area contributed by atoms with Crippen molar-refractivity contribution in [1.29, 1.82) is 0 Å². The van der Waals surface area contributed by atoms with E-state index >= 15 is 0 Å². The summed E-state index contributed by atoms with van der Waals surface area (Å²) in [5, 5.41) is 3.03. The van der Waals surface area contributed by atoms with Crippen LogP contribution in [-0.2, 0) is 4.57 Å². The Morgan fingerprint density at radius 1 is 1.19 bits per heavy atom. The van der Waals surface area contributed by atoms with E-state index in [0.29, 0.717) is 6.54 Å². The summed E-state index contributed by atoms with van der Waals surface area (Å²) in [6.45, 7) is 12.7. The van der Waals surface area contributed by atoms with Crippen LogP contribution in [0.15, 0.2) is 0 Å². The van der Waals surface area contributed by atoms with E-state index in [9.17, 15) is 4.57 Å². The van der Waals surface area contributed by atoms with Gasteiger partial charge in [0.2, 0.25) is 0 Å². The molecule has 16 heavy (non-hydrogen) atoms. The van der Waals surface area contributed by atoms with Crippen molar-refractivity contribution in [3.8, 4) is 0 Å². The van der Waals surface area contributed by atoms with Crippen molar-refractivity contribution >= 4 is 7.59 Å². The second kappa shape index (κ2) is 6.75. The number of nitrogens with zero attached hydrogens (tertiary/aromatic N) is 1. The van der Waals surface area contributed by atoms with Gasteiger partial charge in [-0.25, -0.2) is 9.76 Å². The van der Waals surface area contributed by atoms with Crippen LogP contribution in [-0.4, -0.2) is 24.3 Å². The maximum Gasteiger partial charge on any atom is 0.279 e. The highest BCUT2D eigenvalue weighted by Gasteiger charge is 2.26. The molecule has 0 aromatic rings. The van der Waals surface area contributed by atoms with Gasteiger partial charge < -0.3 is 0 Å². The number of nitrogens with two attached hydrogens (primary N) is 1. The molecular formula is C11H28N3OP. The summed E-state index contributed by atoms with van der Waals surface area (Å²) < 4.78 is 14.2. The Morgan fingerprint density at radius 2 is 1.62 bits per heavy atom. The molecule has 0 aliphatic carbocycles. The van der Waals surface area contributed by atoms with Crippen molar-refractivity contribution in [2.75, 3.05) is 19.6 Å². The van der Waals surface area contributed by atoms with E-state index in [0.717, 1.165) is 25.9 Å². The number of hydrogen-bond donors (Lipinski definition) is 2. The topological polar surface area (TPSA) is 58.4 Å². The van der Waals surface area contributed by atoms with Gasteiger partial charge >= 0.3 is 0 Å². The molecule has 0 fully saturated rings. The minimum atomic E-state index is -2.85. The van der Waals surface area contributed by atoms with E-state index in [4.69, 9.17) is 5.50 Å². The van der Waals surface area contributed by atoms with E-state index in [1.165, 1.54) is 0 Å². The fourth-order valence-electron chi connectivity index (χ4n) is 1.38. The number of nitrogens with one attached hydrogen (secondary N) is 1. The Kier molecular flexibility index (Phi) is 6.80. The summed E-state index contributed by atoms with van der Waals surface area (Å²) >= 11 is 0. The van der Waals surface area contributed by atoms with Gasteiger partial charge in [-0.1, -0.05) is 34.6 Å². The molecule has 1 atom stereocenters. The Morgan fingerprint density at radius 3 is 1.94 bits per heavy atom. The fraction of sp³-hybridized carbons (Fsp3) is 1.00. The van der Waals surface area contributed by atoms with Crippen molar-refractivity contribution in [2.24, 2.45) is 10.9 Å². The van der Waals surface area contributed by atoms with Crippen LogP contribution in [0.2, 0.25) is 0 Å². The Balaban J connectivity index is 4.40. The summed E-state index contributed by atoms with van der Waals surface area (Å²) in [7, 11) is -2.85. The van der Waals surface area contributed by atoms with Crippen LogP contribution >= 0.6 is 7.59 Å². The first kappa shape index (κ1) is 16.1. The largest absolute Gasteiger partial charge is 0.279 e. The first-order valence-corrected chi connectivity index (χ1v) is 7.85. The summed E-state index contributed by atoms with van der Waals surface area (Å²) in [6.07, 6.45) is 1.94. The normalized spacial score (nSPS) is 16.4. The molecule has 3 N–H and O–H groups in total. The molecule has 0 aliphatic rings. The highest BCUT2D eigenvalue weighted by Crippen LogP contribution is 2.37. The zero-order valence-electron chi connectivity index (χ0n) is 11.4.